The molecule has 5 nitrogen and oxygen atoms in total. The van der Waals surface area contributed by atoms with E-state index in [9.17, 15) is 0 Å². The molecule has 16 heavy (non-hydrogen) atoms. The van der Waals surface area contributed by atoms with E-state index in [0.717, 1.165) is 38.9 Å². The molecule has 1 aliphatic heterocycles. The van der Waals surface area contributed by atoms with Crippen LogP contribution in [0, 0.1) is 0 Å². The Morgan fingerprint density at radius 2 is 2.00 bits per heavy atom. The fourth-order valence-electron chi connectivity index (χ4n) is 2.54. The van der Waals surface area contributed by atoms with E-state index < -0.39 is 0 Å². The molecule has 0 atom stereocenters. The highest BCUT2D eigenvalue weighted by Gasteiger charge is 2.40. The van der Waals surface area contributed by atoms with Crippen molar-refractivity contribution in [2.75, 3.05) is 13.2 Å². The van der Waals surface area contributed by atoms with Crippen LogP contribution in [0.5, 0.6) is 0 Å². The number of hydrogen-bond donors (Lipinski definition) is 1. The Labute approximate surface area is 99.5 Å². The zero-order chi connectivity index (χ0) is 11.0. The Kier molecular flexibility index (Phi) is 2.65. The average Bonchev–Trinajstić information content (AvgIpc) is 2.90. The molecule has 2 aliphatic rings. The summed E-state index contributed by atoms with van der Waals surface area (Å²) in [5.41, 5.74) is 0. The molecule has 2 fully saturated rings. The van der Waals surface area contributed by atoms with Crippen molar-refractivity contribution in [1.29, 1.82) is 0 Å². The van der Waals surface area contributed by atoms with Gasteiger partial charge in [-0.05, 0) is 12.8 Å². The summed E-state index contributed by atoms with van der Waals surface area (Å²) in [5.74, 6) is -0.291. The second-order valence-corrected chi connectivity index (χ2v) is 4.85. The smallest absolute Gasteiger partial charge is 0.168 e. The first kappa shape index (κ1) is 10.6. The molecule has 1 aromatic rings. The molecule has 0 amide bonds. The summed E-state index contributed by atoms with van der Waals surface area (Å²) in [6, 6.07) is 0.409. The van der Waals surface area contributed by atoms with Gasteiger partial charge in [-0.2, -0.15) is 0 Å². The van der Waals surface area contributed by atoms with Crippen LogP contribution in [0.4, 0.5) is 0 Å². The summed E-state index contributed by atoms with van der Waals surface area (Å²) in [4.78, 5) is 0. The molecule has 0 aromatic carbocycles. The minimum Gasteiger partial charge on any atom is -0.348 e. The lowest BCUT2D eigenvalue weighted by Crippen LogP contribution is -2.35. The highest BCUT2D eigenvalue weighted by atomic mass is 32.1. The van der Waals surface area contributed by atoms with Crippen molar-refractivity contribution in [1.82, 2.24) is 15.0 Å². The molecular formula is C10H15N3O2S. The van der Waals surface area contributed by atoms with Crippen molar-refractivity contribution in [3.05, 3.63) is 6.20 Å². The molecule has 2 heterocycles. The number of nitrogens with zero attached hydrogens (tertiary/aromatic N) is 3. The molecule has 3 rings (SSSR count). The third kappa shape index (κ3) is 1.85. The maximum atomic E-state index is 5.69. The summed E-state index contributed by atoms with van der Waals surface area (Å²) in [6.45, 7) is 1.46. The van der Waals surface area contributed by atoms with Crippen molar-refractivity contribution < 1.29 is 9.47 Å². The van der Waals surface area contributed by atoms with E-state index in [2.05, 4.69) is 22.9 Å². The molecule has 6 heteroatoms. The van der Waals surface area contributed by atoms with Gasteiger partial charge in [0, 0.05) is 12.8 Å². The second-order valence-electron chi connectivity index (χ2n) is 4.40. The number of rotatable bonds is 1. The van der Waals surface area contributed by atoms with Gasteiger partial charge >= 0.3 is 0 Å². The molecule has 1 saturated heterocycles. The van der Waals surface area contributed by atoms with E-state index in [1.165, 1.54) is 0 Å². The van der Waals surface area contributed by atoms with Crippen molar-refractivity contribution in [3.63, 3.8) is 0 Å². The standard InChI is InChI=1S/C10H15N3O2S/c16-9-7-13(12-11-9)8-1-3-10(4-2-8)14-5-6-15-10/h7-8,16H,1-6H2. The van der Waals surface area contributed by atoms with Crippen LogP contribution in [0.1, 0.15) is 31.7 Å². The van der Waals surface area contributed by atoms with E-state index >= 15 is 0 Å². The molecule has 1 spiro atoms. The summed E-state index contributed by atoms with van der Waals surface area (Å²) in [6.07, 6.45) is 5.81. The lowest BCUT2D eigenvalue weighted by Gasteiger charge is -2.35. The number of hydrogen-bond acceptors (Lipinski definition) is 5. The topological polar surface area (TPSA) is 49.2 Å². The van der Waals surface area contributed by atoms with E-state index in [1.807, 2.05) is 10.9 Å². The van der Waals surface area contributed by atoms with Crippen LogP contribution < -0.4 is 0 Å². The normalized spacial score (nSPS) is 25.3. The lowest BCUT2D eigenvalue weighted by molar-refractivity contribution is -0.181. The van der Waals surface area contributed by atoms with Gasteiger partial charge in [-0.1, -0.05) is 5.21 Å². The van der Waals surface area contributed by atoms with Crippen LogP contribution in [0.15, 0.2) is 11.2 Å². The van der Waals surface area contributed by atoms with Gasteiger partial charge < -0.3 is 9.47 Å². The molecule has 0 unspecified atom stereocenters. The van der Waals surface area contributed by atoms with Crippen molar-refractivity contribution in [2.45, 2.75) is 42.5 Å². The van der Waals surface area contributed by atoms with E-state index in [1.54, 1.807) is 0 Å². The van der Waals surface area contributed by atoms with Gasteiger partial charge in [-0.15, -0.1) is 17.7 Å². The molecular weight excluding hydrogens is 226 g/mol. The van der Waals surface area contributed by atoms with Crippen molar-refractivity contribution in [2.24, 2.45) is 0 Å². The Bertz CT molecular complexity index is 366. The third-order valence-electron chi connectivity index (χ3n) is 3.40. The molecule has 0 bridgehead atoms. The Morgan fingerprint density at radius 1 is 1.31 bits per heavy atom. The van der Waals surface area contributed by atoms with Gasteiger partial charge in [0.1, 0.15) is 5.03 Å². The monoisotopic (exact) mass is 241 g/mol. The van der Waals surface area contributed by atoms with E-state index in [0.29, 0.717) is 11.1 Å². The fraction of sp³-hybridized carbons (Fsp3) is 0.800. The van der Waals surface area contributed by atoms with Gasteiger partial charge in [0.2, 0.25) is 0 Å². The molecule has 88 valence electrons. The van der Waals surface area contributed by atoms with Crippen LogP contribution in [-0.4, -0.2) is 34.0 Å². The van der Waals surface area contributed by atoms with Gasteiger partial charge in [-0.3, -0.25) is 0 Å². The summed E-state index contributed by atoms with van der Waals surface area (Å²) >= 11 is 4.16. The van der Waals surface area contributed by atoms with Crippen molar-refractivity contribution >= 4 is 12.6 Å². The lowest BCUT2D eigenvalue weighted by atomic mass is 9.90. The van der Waals surface area contributed by atoms with Crippen LogP contribution in [0.2, 0.25) is 0 Å². The summed E-state index contributed by atoms with van der Waals surface area (Å²) in [5, 5.41) is 8.63. The number of thiol groups is 1. The highest BCUT2D eigenvalue weighted by molar-refractivity contribution is 7.80. The minimum atomic E-state index is -0.291. The third-order valence-corrected chi connectivity index (χ3v) is 3.61. The van der Waals surface area contributed by atoms with E-state index in [-0.39, 0.29) is 5.79 Å². The fourth-order valence-corrected chi connectivity index (χ4v) is 2.70. The first-order valence-corrected chi connectivity index (χ1v) is 6.11. The largest absolute Gasteiger partial charge is 0.348 e. The number of ether oxygens (including phenoxy) is 2. The summed E-state index contributed by atoms with van der Waals surface area (Å²) in [7, 11) is 0. The average molecular weight is 241 g/mol. The quantitative estimate of drug-likeness (QED) is 0.756. The van der Waals surface area contributed by atoms with Crippen molar-refractivity contribution in [3.8, 4) is 0 Å². The number of aromatic nitrogens is 3. The Balaban J connectivity index is 1.66. The van der Waals surface area contributed by atoms with Gasteiger partial charge in [0.15, 0.2) is 5.79 Å². The first-order valence-electron chi connectivity index (χ1n) is 5.66. The summed E-state index contributed by atoms with van der Waals surface area (Å²) < 4.78 is 13.3. The Hall–Kier alpha value is -0.590. The zero-order valence-corrected chi connectivity index (χ0v) is 9.90. The predicted molar refractivity (Wildman–Crippen MR) is 59.4 cm³/mol. The SMILES string of the molecule is Sc1cn(C2CCC3(CC2)OCCO3)nn1. The highest BCUT2D eigenvalue weighted by Crippen LogP contribution is 2.39. The minimum absolute atomic E-state index is 0.291. The van der Waals surface area contributed by atoms with Gasteiger partial charge in [-0.25, -0.2) is 4.68 Å². The predicted octanol–water partition coefficient (Wildman–Crippen LogP) is 1.42. The maximum absolute atomic E-state index is 5.69. The molecule has 1 saturated carbocycles. The molecule has 0 radical (unpaired) electrons. The molecule has 0 N–H and O–H groups in total. The Morgan fingerprint density at radius 3 is 2.56 bits per heavy atom. The van der Waals surface area contributed by atoms with Gasteiger partial charge in [0.25, 0.3) is 0 Å². The van der Waals surface area contributed by atoms with Crippen LogP contribution >= 0.6 is 12.6 Å². The van der Waals surface area contributed by atoms with Gasteiger partial charge in [0.05, 0.1) is 25.5 Å². The second kappa shape index (κ2) is 4.01. The van der Waals surface area contributed by atoms with Crippen LogP contribution in [0.25, 0.3) is 0 Å². The first-order chi connectivity index (χ1) is 7.77. The zero-order valence-electron chi connectivity index (χ0n) is 9.00. The molecule has 1 aliphatic carbocycles. The van der Waals surface area contributed by atoms with Crippen LogP contribution in [0.3, 0.4) is 0 Å². The van der Waals surface area contributed by atoms with Crippen LogP contribution in [-0.2, 0) is 9.47 Å². The molecule has 1 aromatic heterocycles. The van der Waals surface area contributed by atoms with E-state index in [4.69, 9.17) is 9.47 Å². The maximum Gasteiger partial charge on any atom is 0.168 e.